The van der Waals surface area contributed by atoms with Gasteiger partial charge in [-0.3, -0.25) is 4.79 Å². The van der Waals surface area contributed by atoms with E-state index in [4.69, 9.17) is 28.4 Å². The van der Waals surface area contributed by atoms with Crippen molar-refractivity contribution < 1.29 is 47.9 Å². The van der Waals surface area contributed by atoms with Gasteiger partial charge in [-0.2, -0.15) is 0 Å². The van der Waals surface area contributed by atoms with Crippen LogP contribution in [0, 0.1) is 13.8 Å². The lowest BCUT2D eigenvalue weighted by Gasteiger charge is -2.16. The Kier molecular flexibility index (Phi) is 19.0. The second kappa shape index (κ2) is 23.6. The van der Waals surface area contributed by atoms with Gasteiger partial charge in [-0.05, 0) is 88.6 Å². The molecule has 0 saturated carbocycles. The fraction of sp³-hybridized carbons (Fsp3) is 0.386. The van der Waals surface area contributed by atoms with Crippen molar-refractivity contribution in [3.63, 3.8) is 0 Å². The van der Waals surface area contributed by atoms with E-state index in [1.807, 2.05) is 107 Å². The van der Waals surface area contributed by atoms with Gasteiger partial charge in [0.15, 0.2) is 24.6 Å². The number of benzene rings is 4. The molecule has 0 aliphatic carbocycles. The van der Waals surface area contributed by atoms with E-state index >= 15 is 0 Å². The lowest BCUT2D eigenvalue weighted by atomic mass is 10.1. The lowest BCUT2D eigenvalue weighted by molar-refractivity contribution is -0.157. The van der Waals surface area contributed by atoms with Crippen LogP contribution in [-0.4, -0.2) is 74.7 Å². The van der Waals surface area contributed by atoms with Gasteiger partial charge in [0.1, 0.15) is 24.2 Å². The monoisotopic (exact) mass is 742 g/mol. The summed E-state index contributed by atoms with van der Waals surface area (Å²) in [5.41, 5.74) is 5.49. The molecule has 1 N–H and O–H groups in total. The van der Waals surface area contributed by atoms with Crippen LogP contribution in [-0.2, 0) is 41.4 Å². The maximum Gasteiger partial charge on any atom is 0.335 e. The third kappa shape index (κ3) is 15.1. The van der Waals surface area contributed by atoms with Gasteiger partial charge in [0.25, 0.3) is 0 Å². The molecular weight excluding hydrogens is 688 g/mol. The molecule has 3 atom stereocenters. The van der Waals surface area contributed by atoms with Crippen molar-refractivity contribution in [2.45, 2.75) is 72.7 Å². The Labute approximate surface area is 319 Å². The molecule has 10 heteroatoms. The van der Waals surface area contributed by atoms with Gasteiger partial charge >= 0.3 is 11.9 Å². The van der Waals surface area contributed by atoms with Crippen molar-refractivity contribution in [2.75, 3.05) is 39.6 Å². The van der Waals surface area contributed by atoms with Gasteiger partial charge in [-0.1, -0.05) is 77.9 Å². The number of ketones is 1. The molecule has 4 rings (SSSR count). The maximum atomic E-state index is 12.2. The molecule has 290 valence electrons. The second-order valence-electron chi connectivity index (χ2n) is 12.4. The molecule has 3 unspecified atom stereocenters. The number of aryl methyl sites for hydroxylation is 2. The molecule has 54 heavy (non-hydrogen) atoms. The fourth-order valence-corrected chi connectivity index (χ4v) is 5.36. The summed E-state index contributed by atoms with van der Waals surface area (Å²) in [6, 6.07) is 29.9. The van der Waals surface area contributed by atoms with Crippen LogP contribution in [0.15, 0.2) is 97.1 Å². The molecule has 0 heterocycles. The van der Waals surface area contributed by atoms with Gasteiger partial charge in [-0.25, -0.2) is 9.59 Å². The average molecular weight is 743 g/mol. The second-order valence-corrected chi connectivity index (χ2v) is 12.4. The standard InChI is InChI=1S/C22H28O5.C22H26O5/c2*1-4-25-21(22(24)26-5-2)14-17-9-11-19(12-10-17)27-15-20(23)18-8-6-7-16(3)13-18/h6-13,20-21,23H,4-5,14-15H2,1-3H3;6-13,21H,4-5,14-15H2,1-3H3. The number of ether oxygens (including phenoxy) is 6. The first-order valence-electron chi connectivity index (χ1n) is 18.4. The predicted octanol–water partition coefficient (Wildman–Crippen LogP) is 7.39. The Bertz CT molecular complexity index is 1720. The summed E-state index contributed by atoms with van der Waals surface area (Å²) in [5, 5.41) is 10.3. The topological polar surface area (TPSA) is 127 Å². The highest BCUT2D eigenvalue weighted by Crippen LogP contribution is 2.20. The minimum atomic E-state index is -0.685. The summed E-state index contributed by atoms with van der Waals surface area (Å²) < 4.78 is 32.3. The number of aliphatic hydroxyl groups is 1. The van der Waals surface area contributed by atoms with E-state index < -0.39 is 18.3 Å². The molecule has 4 aromatic carbocycles. The molecular formula is C44H54O10. The molecule has 0 aromatic heterocycles. The minimum absolute atomic E-state index is 0.0206. The Morgan fingerprint density at radius 1 is 0.593 bits per heavy atom. The van der Waals surface area contributed by atoms with Crippen molar-refractivity contribution >= 4 is 17.7 Å². The summed E-state index contributed by atoms with van der Waals surface area (Å²) >= 11 is 0. The molecule has 4 aromatic rings. The molecule has 0 aliphatic rings. The summed E-state index contributed by atoms with van der Waals surface area (Å²) in [5.74, 6) is 0.490. The van der Waals surface area contributed by atoms with Gasteiger partial charge < -0.3 is 33.5 Å². The van der Waals surface area contributed by atoms with Crippen LogP contribution in [0.1, 0.15) is 72.0 Å². The normalized spacial score (nSPS) is 12.4. The molecule has 0 bridgehead atoms. The van der Waals surface area contributed by atoms with Crippen LogP contribution < -0.4 is 9.47 Å². The summed E-state index contributed by atoms with van der Waals surface area (Å²) in [6.07, 6.45) is -1.04. The van der Waals surface area contributed by atoms with Crippen LogP contribution in [0.4, 0.5) is 0 Å². The van der Waals surface area contributed by atoms with Gasteiger partial charge in [0.2, 0.25) is 0 Å². The zero-order valence-corrected chi connectivity index (χ0v) is 32.2. The first kappa shape index (κ1) is 43.4. The van der Waals surface area contributed by atoms with E-state index in [1.165, 1.54) is 0 Å². The van der Waals surface area contributed by atoms with Crippen LogP contribution >= 0.6 is 0 Å². The van der Waals surface area contributed by atoms with Crippen molar-refractivity contribution in [1.29, 1.82) is 0 Å². The smallest absolute Gasteiger partial charge is 0.335 e. The number of esters is 2. The highest BCUT2D eigenvalue weighted by atomic mass is 16.6. The molecule has 10 nitrogen and oxygen atoms in total. The van der Waals surface area contributed by atoms with Crippen LogP contribution in [0.2, 0.25) is 0 Å². The largest absolute Gasteiger partial charge is 0.491 e. The van der Waals surface area contributed by atoms with Gasteiger partial charge in [-0.15, -0.1) is 0 Å². The van der Waals surface area contributed by atoms with E-state index in [0.29, 0.717) is 56.3 Å². The quantitative estimate of drug-likeness (QED) is 0.0724. The van der Waals surface area contributed by atoms with Crippen molar-refractivity contribution in [3.8, 4) is 11.5 Å². The number of aliphatic hydroxyl groups excluding tert-OH is 1. The van der Waals surface area contributed by atoms with Gasteiger partial charge in [0.05, 0.1) is 13.2 Å². The number of Topliss-reactive ketones (excluding diaryl/α,β-unsaturated/α-hetero) is 1. The zero-order chi connectivity index (χ0) is 39.3. The molecule has 0 fully saturated rings. The summed E-state index contributed by atoms with van der Waals surface area (Å²) in [6.45, 7) is 12.9. The highest BCUT2D eigenvalue weighted by Gasteiger charge is 2.21. The van der Waals surface area contributed by atoms with E-state index in [2.05, 4.69) is 0 Å². The molecule has 0 saturated heterocycles. The number of carbonyl (C=O) groups excluding carboxylic acids is 3. The molecule has 0 radical (unpaired) electrons. The maximum absolute atomic E-state index is 12.2. The number of hydrogen-bond acceptors (Lipinski definition) is 10. The van der Waals surface area contributed by atoms with Crippen molar-refractivity contribution in [1.82, 2.24) is 0 Å². The minimum Gasteiger partial charge on any atom is -0.491 e. The van der Waals surface area contributed by atoms with Crippen molar-refractivity contribution in [3.05, 3.63) is 130 Å². The number of carbonyl (C=O) groups is 3. The summed E-state index contributed by atoms with van der Waals surface area (Å²) in [4.78, 5) is 36.1. The molecule has 0 aliphatic heterocycles. The fourth-order valence-electron chi connectivity index (χ4n) is 5.36. The average Bonchev–Trinajstić information content (AvgIpc) is 3.17. The summed E-state index contributed by atoms with van der Waals surface area (Å²) in [7, 11) is 0. The molecule has 0 amide bonds. The third-order valence-electron chi connectivity index (χ3n) is 8.07. The van der Waals surface area contributed by atoms with E-state index in [9.17, 15) is 19.5 Å². The SMILES string of the molecule is CCOC(=O)C(Cc1ccc(OCC(=O)c2cccc(C)c2)cc1)OCC.CCOC(=O)C(Cc1ccc(OCC(O)c2cccc(C)c2)cc1)OCC. The third-order valence-corrected chi connectivity index (χ3v) is 8.07. The lowest BCUT2D eigenvalue weighted by Crippen LogP contribution is -2.28. The van der Waals surface area contributed by atoms with Crippen LogP contribution in [0.5, 0.6) is 11.5 Å². The van der Waals surface area contributed by atoms with Crippen LogP contribution in [0.25, 0.3) is 0 Å². The Morgan fingerprint density at radius 3 is 1.54 bits per heavy atom. The predicted molar refractivity (Wildman–Crippen MR) is 207 cm³/mol. The van der Waals surface area contributed by atoms with E-state index in [0.717, 1.165) is 27.8 Å². The number of hydrogen-bond donors (Lipinski definition) is 1. The first-order valence-corrected chi connectivity index (χ1v) is 18.4. The van der Waals surface area contributed by atoms with Crippen LogP contribution in [0.3, 0.4) is 0 Å². The first-order chi connectivity index (χ1) is 26.1. The Balaban J connectivity index is 0.000000290. The zero-order valence-electron chi connectivity index (χ0n) is 32.2. The highest BCUT2D eigenvalue weighted by molar-refractivity contribution is 5.97. The van der Waals surface area contributed by atoms with Gasteiger partial charge in [0, 0.05) is 31.6 Å². The van der Waals surface area contributed by atoms with E-state index in [1.54, 1.807) is 32.0 Å². The Hall–Kier alpha value is -5.03. The Morgan fingerprint density at radius 2 is 1.07 bits per heavy atom. The van der Waals surface area contributed by atoms with Crippen molar-refractivity contribution in [2.24, 2.45) is 0 Å². The number of rotatable bonds is 20. The molecule has 0 spiro atoms. The van der Waals surface area contributed by atoms with E-state index in [-0.39, 0.29) is 30.9 Å².